The Morgan fingerprint density at radius 2 is 2.00 bits per heavy atom. The molecule has 3 saturated carbocycles. The summed E-state index contributed by atoms with van der Waals surface area (Å²) in [6.45, 7) is 4.72. The van der Waals surface area contributed by atoms with Crippen LogP contribution in [0.4, 0.5) is 0 Å². The van der Waals surface area contributed by atoms with Crippen molar-refractivity contribution in [3.63, 3.8) is 0 Å². The number of nitrogens with zero attached hydrogens (tertiary/aromatic N) is 1. The van der Waals surface area contributed by atoms with E-state index in [0.717, 1.165) is 18.8 Å². The molecule has 0 N–H and O–H groups in total. The number of hydrogen-bond acceptors (Lipinski definition) is 2. The summed E-state index contributed by atoms with van der Waals surface area (Å²) in [7, 11) is 0. The third-order valence-electron chi connectivity index (χ3n) is 7.71. The van der Waals surface area contributed by atoms with Gasteiger partial charge in [0.05, 0.1) is 12.0 Å². The van der Waals surface area contributed by atoms with Gasteiger partial charge in [-0.15, -0.1) is 0 Å². The number of fused-ring (bicyclic) bond motifs is 5. The van der Waals surface area contributed by atoms with Crippen molar-refractivity contribution < 1.29 is 4.79 Å². The molecule has 0 heterocycles. The normalized spacial score (nSPS) is 49.7. The predicted octanol–water partition coefficient (Wildman–Crippen LogP) is 4.43. The molecule has 3 unspecified atom stereocenters. The number of rotatable bonds is 0. The SMILES string of the molecule is C[C@]12C=CC(=O)C=C1CCC1C2CC[C@@]2(C)C1CC[C@@H]2C#N. The first-order valence-electron chi connectivity index (χ1n) is 8.83. The molecule has 0 spiro atoms. The van der Waals surface area contributed by atoms with Gasteiger partial charge in [0.25, 0.3) is 0 Å². The van der Waals surface area contributed by atoms with E-state index in [2.05, 4.69) is 26.0 Å². The molecule has 6 atom stereocenters. The molecule has 4 rings (SSSR count). The van der Waals surface area contributed by atoms with E-state index in [-0.39, 0.29) is 22.5 Å². The van der Waals surface area contributed by atoms with Crippen LogP contribution in [0.3, 0.4) is 0 Å². The Morgan fingerprint density at radius 3 is 2.77 bits per heavy atom. The van der Waals surface area contributed by atoms with E-state index in [4.69, 9.17) is 0 Å². The van der Waals surface area contributed by atoms with Gasteiger partial charge in [-0.1, -0.05) is 25.5 Å². The van der Waals surface area contributed by atoms with Crippen molar-refractivity contribution in [2.24, 2.45) is 34.5 Å². The van der Waals surface area contributed by atoms with Crippen LogP contribution in [0, 0.1) is 45.8 Å². The van der Waals surface area contributed by atoms with Crippen LogP contribution in [-0.2, 0) is 4.79 Å². The summed E-state index contributed by atoms with van der Waals surface area (Å²) in [5.41, 5.74) is 1.68. The lowest BCUT2D eigenvalue weighted by molar-refractivity contribution is -0.111. The van der Waals surface area contributed by atoms with Gasteiger partial charge in [-0.25, -0.2) is 0 Å². The molecule has 0 aliphatic heterocycles. The first kappa shape index (κ1) is 14.2. The first-order valence-corrected chi connectivity index (χ1v) is 8.83. The lowest BCUT2D eigenvalue weighted by Gasteiger charge is -2.56. The number of nitriles is 1. The van der Waals surface area contributed by atoms with Crippen molar-refractivity contribution in [3.05, 3.63) is 23.8 Å². The van der Waals surface area contributed by atoms with Gasteiger partial charge in [0.2, 0.25) is 0 Å². The number of allylic oxidation sites excluding steroid dienone is 4. The lowest BCUT2D eigenvalue weighted by Crippen LogP contribution is -2.49. The second-order valence-corrected chi connectivity index (χ2v) is 8.41. The maximum atomic E-state index is 11.7. The molecule has 4 aliphatic carbocycles. The van der Waals surface area contributed by atoms with Crippen LogP contribution in [0.2, 0.25) is 0 Å². The van der Waals surface area contributed by atoms with Crippen LogP contribution in [0.5, 0.6) is 0 Å². The zero-order chi connectivity index (χ0) is 15.5. The minimum absolute atomic E-state index is 0.0862. The predicted molar refractivity (Wildman–Crippen MR) is 85.7 cm³/mol. The first-order chi connectivity index (χ1) is 10.5. The van der Waals surface area contributed by atoms with Crippen LogP contribution >= 0.6 is 0 Å². The second kappa shape index (κ2) is 4.57. The third-order valence-corrected chi connectivity index (χ3v) is 7.71. The molecule has 2 heteroatoms. The lowest BCUT2D eigenvalue weighted by atomic mass is 9.48. The molecule has 116 valence electrons. The highest BCUT2D eigenvalue weighted by Gasteiger charge is 2.58. The number of carbonyl (C=O) groups is 1. The molecule has 4 aliphatic rings. The molecule has 3 fully saturated rings. The van der Waals surface area contributed by atoms with Gasteiger partial charge in [0.15, 0.2) is 5.78 Å². The van der Waals surface area contributed by atoms with Crippen molar-refractivity contribution in [1.29, 1.82) is 5.26 Å². The average molecular weight is 295 g/mol. The van der Waals surface area contributed by atoms with Crippen LogP contribution in [0.25, 0.3) is 0 Å². The summed E-state index contributed by atoms with van der Waals surface area (Å²) in [6, 6.07) is 2.60. The minimum atomic E-state index is 0.0862. The van der Waals surface area contributed by atoms with Gasteiger partial charge in [-0.05, 0) is 73.8 Å². The second-order valence-electron chi connectivity index (χ2n) is 8.41. The Labute approximate surface area is 133 Å². The van der Waals surface area contributed by atoms with Gasteiger partial charge >= 0.3 is 0 Å². The molecule has 0 radical (unpaired) electrons. The van der Waals surface area contributed by atoms with Crippen molar-refractivity contribution in [2.45, 2.75) is 52.4 Å². The molecule has 0 aromatic heterocycles. The maximum absolute atomic E-state index is 11.7. The van der Waals surface area contributed by atoms with Gasteiger partial charge in [-0.2, -0.15) is 5.26 Å². The monoisotopic (exact) mass is 295 g/mol. The highest BCUT2D eigenvalue weighted by Crippen LogP contribution is 2.65. The fraction of sp³-hybridized carbons (Fsp3) is 0.700. The highest BCUT2D eigenvalue weighted by molar-refractivity contribution is 6.01. The van der Waals surface area contributed by atoms with Crippen LogP contribution in [0.1, 0.15) is 52.4 Å². The molecule has 0 aromatic rings. The van der Waals surface area contributed by atoms with Crippen LogP contribution < -0.4 is 0 Å². The molecule has 22 heavy (non-hydrogen) atoms. The van der Waals surface area contributed by atoms with Crippen molar-refractivity contribution in [3.8, 4) is 6.07 Å². The van der Waals surface area contributed by atoms with E-state index >= 15 is 0 Å². The average Bonchev–Trinajstić information content (AvgIpc) is 2.84. The van der Waals surface area contributed by atoms with E-state index in [0.29, 0.717) is 11.8 Å². The standard InChI is InChI=1S/C20H25NO/c1-19-9-7-15(22)11-13(19)3-5-16-17-6-4-14(12-21)20(17,2)10-8-18(16)19/h7,9,11,14,16-18H,3-6,8,10H2,1-2H3/t14-,16?,17?,18?,19+,20-/m1/s1. The smallest absolute Gasteiger partial charge is 0.178 e. The Hall–Kier alpha value is -1.36. The largest absolute Gasteiger partial charge is 0.290 e. The van der Waals surface area contributed by atoms with E-state index in [9.17, 15) is 10.1 Å². The van der Waals surface area contributed by atoms with Gasteiger partial charge < -0.3 is 0 Å². The molecule has 2 nitrogen and oxygen atoms in total. The zero-order valence-electron chi connectivity index (χ0n) is 13.6. The summed E-state index contributed by atoms with van der Waals surface area (Å²) in [5.74, 6) is 2.52. The third kappa shape index (κ3) is 1.69. The van der Waals surface area contributed by atoms with Crippen LogP contribution in [0.15, 0.2) is 23.8 Å². The summed E-state index contributed by atoms with van der Waals surface area (Å²) in [6.07, 6.45) is 12.9. The van der Waals surface area contributed by atoms with E-state index in [1.54, 1.807) is 6.08 Å². The summed E-state index contributed by atoms with van der Waals surface area (Å²) in [4.78, 5) is 11.7. The molecular weight excluding hydrogens is 270 g/mol. The maximum Gasteiger partial charge on any atom is 0.178 e. The van der Waals surface area contributed by atoms with Gasteiger partial charge in [0, 0.05) is 5.41 Å². The van der Waals surface area contributed by atoms with E-state index in [1.165, 1.54) is 31.3 Å². The van der Waals surface area contributed by atoms with E-state index < -0.39 is 0 Å². The number of hydrogen-bond donors (Lipinski definition) is 0. The Morgan fingerprint density at radius 1 is 1.18 bits per heavy atom. The molecule has 0 aromatic carbocycles. The summed E-state index contributed by atoms with van der Waals surface area (Å²) >= 11 is 0. The van der Waals surface area contributed by atoms with E-state index in [1.807, 2.05) is 6.08 Å². The Balaban J connectivity index is 1.70. The fourth-order valence-corrected chi connectivity index (χ4v) is 6.41. The van der Waals surface area contributed by atoms with Gasteiger partial charge in [0.1, 0.15) is 0 Å². The quantitative estimate of drug-likeness (QED) is 0.663. The van der Waals surface area contributed by atoms with Crippen molar-refractivity contribution in [2.75, 3.05) is 0 Å². The summed E-state index contributed by atoms with van der Waals surface area (Å²) in [5, 5.41) is 9.53. The minimum Gasteiger partial charge on any atom is -0.290 e. The zero-order valence-corrected chi connectivity index (χ0v) is 13.6. The van der Waals surface area contributed by atoms with Gasteiger partial charge in [-0.3, -0.25) is 4.79 Å². The highest BCUT2D eigenvalue weighted by atomic mass is 16.1. The number of carbonyl (C=O) groups excluding carboxylic acids is 1. The molecule has 0 saturated heterocycles. The van der Waals surface area contributed by atoms with Crippen molar-refractivity contribution in [1.82, 2.24) is 0 Å². The Kier molecular flexibility index (Phi) is 2.96. The molecule has 0 bridgehead atoms. The number of ketones is 1. The van der Waals surface area contributed by atoms with Crippen molar-refractivity contribution >= 4 is 5.78 Å². The molecule has 0 amide bonds. The Bertz CT molecular complexity index is 624. The topological polar surface area (TPSA) is 40.9 Å². The summed E-state index contributed by atoms with van der Waals surface area (Å²) < 4.78 is 0. The molecular formula is C20H25NO. The fourth-order valence-electron chi connectivity index (χ4n) is 6.41. The van der Waals surface area contributed by atoms with Crippen LogP contribution in [-0.4, -0.2) is 5.78 Å².